The number of aromatic nitrogens is 2. The third-order valence-corrected chi connectivity index (χ3v) is 3.21. The van der Waals surface area contributed by atoms with Crippen molar-refractivity contribution in [2.24, 2.45) is 0 Å². The summed E-state index contributed by atoms with van der Waals surface area (Å²) in [4.78, 5) is 24.4. The summed E-state index contributed by atoms with van der Waals surface area (Å²) in [6, 6.07) is 9.23. The molecule has 0 fully saturated rings. The molecule has 0 aliphatic rings. The van der Waals surface area contributed by atoms with Gasteiger partial charge >= 0.3 is 0 Å². The van der Waals surface area contributed by atoms with E-state index in [1.54, 1.807) is 0 Å². The van der Waals surface area contributed by atoms with E-state index in [4.69, 9.17) is 0 Å². The SMILES string of the molecule is CC(=O)n1c(C)c(C(C)C)c(=O)n1-c1ccccc1. The van der Waals surface area contributed by atoms with Crippen LogP contribution in [0.5, 0.6) is 0 Å². The van der Waals surface area contributed by atoms with Crippen LogP contribution in [0.3, 0.4) is 0 Å². The van der Waals surface area contributed by atoms with E-state index in [2.05, 4.69) is 0 Å². The third kappa shape index (κ3) is 2.14. The second kappa shape index (κ2) is 4.88. The minimum absolute atomic E-state index is 0.0862. The molecule has 4 heteroatoms. The summed E-state index contributed by atoms with van der Waals surface area (Å²) in [5.74, 6) is -0.0755. The van der Waals surface area contributed by atoms with Gasteiger partial charge in [0.25, 0.3) is 5.56 Å². The molecule has 0 saturated heterocycles. The van der Waals surface area contributed by atoms with Gasteiger partial charge in [0.1, 0.15) is 0 Å². The number of nitrogens with zero attached hydrogens (tertiary/aromatic N) is 2. The van der Waals surface area contributed by atoms with E-state index in [0.717, 1.165) is 5.69 Å². The van der Waals surface area contributed by atoms with E-state index in [0.29, 0.717) is 11.3 Å². The van der Waals surface area contributed by atoms with Gasteiger partial charge in [-0.25, -0.2) is 9.36 Å². The van der Waals surface area contributed by atoms with Crippen LogP contribution in [-0.2, 0) is 0 Å². The summed E-state index contributed by atoms with van der Waals surface area (Å²) in [6.07, 6.45) is 0. The second-order valence-corrected chi connectivity index (χ2v) is 4.94. The molecule has 1 aromatic carbocycles. The van der Waals surface area contributed by atoms with Crippen molar-refractivity contribution in [2.75, 3.05) is 0 Å². The van der Waals surface area contributed by atoms with E-state index in [-0.39, 0.29) is 17.4 Å². The van der Waals surface area contributed by atoms with Crippen molar-refractivity contribution in [1.29, 1.82) is 0 Å². The summed E-state index contributed by atoms with van der Waals surface area (Å²) < 4.78 is 2.90. The Morgan fingerprint density at radius 1 is 1.16 bits per heavy atom. The second-order valence-electron chi connectivity index (χ2n) is 4.94. The Morgan fingerprint density at radius 3 is 2.21 bits per heavy atom. The number of carbonyl (C=O) groups excluding carboxylic acids is 1. The molecule has 1 heterocycles. The highest BCUT2D eigenvalue weighted by molar-refractivity contribution is 5.77. The molecule has 2 aromatic rings. The molecular weight excluding hydrogens is 240 g/mol. The molecule has 0 atom stereocenters. The largest absolute Gasteiger partial charge is 0.275 e. The van der Waals surface area contributed by atoms with Crippen molar-refractivity contribution in [2.45, 2.75) is 33.6 Å². The van der Waals surface area contributed by atoms with Crippen molar-refractivity contribution in [3.63, 3.8) is 0 Å². The molecule has 19 heavy (non-hydrogen) atoms. The average Bonchev–Trinajstić information content (AvgIpc) is 2.61. The van der Waals surface area contributed by atoms with Gasteiger partial charge < -0.3 is 0 Å². The van der Waals surface area contributed by atoms with Gasteiger partial charge in [0.2, 0.25) is 5.91 Å². The normalized spacial score (nSPS) is 11.0. The number of hydrogen-bond acceptors (Lipinski definition) is 2. The Morgan fingerprint density at radius 2 is 1.74 bits per heavy atom. The van der Waals surface area contributed by atoms with Gasteiger partial charge in [0, 0.05) is 12.5 Å². The molecule has 0 aliphatic heterocycles. The maximum absolute atomic E-state index is 12.5. The number of benzene rings is 1. The Hall–Kier alpha value is -2.10. The minimum atomic E-state index is -0.162. The summed E-state index contributed by atoms with van der Waals surface area (Å²) in [7, 11) is 0. The van der Waals surface area contributed by atoms with E-state index in [1.807, 2.05) is 51.1 Å². The van der Waals surface area contributed by atoms with E-state index in [9.17, 15) is 9.59 Å². The van der Waals surface area contributed by atoms with Crippen molar-refractivity contribution >= 4 is 5.91 Å². The molecule has 2 rings (SSSR count). The van der Waals surface area contributed by atoms with Crippen molar-refractivity contribution in [1.82, 2.24) is 9.36 Å². The van der Waals surface area contributed by atoms with Crippen LogP contribution in [0.25, 0.3) is 5.69 Å². The standard InChI is InChI=1S/C15H18N2O2/c1-10(2)14-11(3)16(12(4)18)17(15(14)19)13-8-6-5-7-9-13/h5-10H,1-4H3. The van der Waals surface area contributed by atoms with Crippen LogP contribution in [0, 0.1) is 6.92 Å². The molecule has 0 bridgehead atoms. The predicted molar refractivity (Wildman–Crippen MR) is 75.2 cm³/mol. The monoisotopic (exact) mass is 258 g/mol. The van der Waals surface area contributed by atoms with Gasteiger partial charge in [0.05, 0.1) is 11.4 Å². The Balaban J connectivity index is 2.84. The van der Waals surface area contributed by atoms with E-state index >= 15 is 0 Å². The van der Waals surface area contributed by atoms with E-state index in [1.165, 1.54) is 16.3 Å². The molecule has 0 aliphatic carbocycles. The van der Waals surface area contributed by atoms with Crippen LogP contribution in [0.2, 0.25) is 0 Å². The highest BCUT2D eigenvalue weighted by Crippen LogP contribution is 2.18. The fourth-order valence-electron chi connectivity index (χ4n) is 2.47. The molecule has 0 spiro atoms. The zero-order valence-corrected chi connectivity index (χ0v) is 11.7. The van der Waals surface area contributed by atoms with Crippen molar-refractivity contribution in [3.8, 4) is 5.69 Å². The number of rotatable bonds is 2. The fraction of sp³-hybridized carbons (Fsp3) is 0.333. The van der Waals surface area contributed by atoms with Crippen LogP contribution >= 0.6 is 0 Å². The van der Waals surface area contributed by atoms with Crippen LogP contribution in [-0.4, -0.2) is 15.3 Å². The number of para-hydroxylation sites is 1. The average molecular weight is 258 g/mol. The smallest absolute Gasteiger partial charge is 0.273 e. The van der Waals surface area contributed by atoms with Gasteiger partial charge in [-0.1, -0.05) is 32.0 Å². The lowest BCUT2D eigenvalue weighted by Gasteiger charge is -2.09. The molecule has 4 nitrogen and oxygen atoms in total. The summed E-state index contributed by atoms with van der Waals surface area (Å²) in [6.45, 7) is 7.21. The highest BCUT2D eigenvalue weighted by atomic mass is 16.2. The van der Waals surface area contributed by atoms with Gasteiger partial charge in [-0.15, -0.1) is 0 Å². The molecule has 0 unspecified atom stereocenters. The first-order valence-electron chi connectivity index (χ1n) is 6.36. The Labute approximate surface area is 112 Å². The first kappa shape index (κ1) is 13.3. The Kier molecular flexibility index (Phi) is 3.42. The summed E-state index contributed by atoms with van der Waals surface area (Å²) in [5.41, 5.74) is 2.00. The van der Waals surface area contributed by atoms with Gasteiger partial charge in [0.15, 0.2) is 0 Å². The minimum Gasteiger partial charge on any atom is -0.273 e. The highest BCUT2D eigenvalue weighted by Gasteiger charge is 2.21. The molecule has 1 aromatic heterocycles. The maximum atomic E-state index is 12.5. The number of hydrogen-bond donors (Lipinski definition) is 0. The molecule has 0 radical (unpaired) electrons. The lowest BCUT2D eigenvalue weighted by Crippen LogP contribution is -2.25. The first-order chi connectivity index (χ1) is 8.95. The lowest BCUT2D eigenvalue weighted by molar-refractivity contribution is 0.0909. The molecular formula is C15H18N2O2. The van der Waals surface area contributed by atoms with Crippen molar-refractivity contribution in [3.05, 3.63) is 51.9 Å². The van der Waals surface area contributed by atoms with E-state index < -0.39 is 0 Å². The molecule has 0 amide bonds. The Bertz CT molecular complexity index is 663. The zero-order valence-electron chi connectivity index (χ0n) is 11.7. The lowest BCUT2D eigenvalue weighted by atomic mass is 10.0. The van der Waals surface area contributed by atoms with Crippen LogP contribution < -0.4 is 5.56 Å². The van der Waals surface area contributed by atoms with Crippen molar-refractivity contribution < 1.29 is 4.79 Å². The molecule has 0 saturated carbocycles. The molecule has 0 N–H and O–H groups in total. The zero-order chi connectivity index (χ0) is 14.2. The van der Waals surface area contributed by atoms with Crippen LogP contribution in [0.1, 0.15) is 42.7 Å². The predicted octanol–water partition coefficient (Wildman–Crippen LogP) is 2.73. The summed E-state index contributed by atoms with van der Waals surface area (Å²) >= 11 is 0. The van der Waals surface area contributed by atoms with Gasteiger partial charge in [-0.2, -0.15) is 0 Å². The maximum Gasteiger partial charge on any atom is 0.275 e. The summed E-state index contributed by atoms with van der Waals surface area (Å²) in [5, 5.41) is 0. The van der Waals surface area contributed by atoms with Crippen LogP contribution in [0.4, 0.5) is 0 Å². The third-order valence-electron chi connectivity index (χ3n) is 3.21. The van der Waals surface area contributed by atoms with Gasteiger partial charge in [-0.3, -0.25) is 9.59 Å². The number of carbonyl (C=O) groups is 1. The first-order valence-corrected chi connectivity index (χ1v) is 6.36. The van der Waals surface area contributed by atoms with Gasteiger partial charge in [-0.05, 0) is 25.0 Å². The topological polar surface area (TPSA) is 44.0 Å². The van der Waals surface area contributed by atoms with Crippen LogP contribution in [0.15, 0.2) is 35.1 Å². The fourth-order valence-corrected chi connectivity index (χ4v) is 2.47. The quantitative estimate of drug-likeness (QED) is 0.831. The molecule has 100 valence electrons.